The topological polar surface area (TPSA) is 96.1 Å². The SMILES string of the molecule is O[C@@H]1[C@H](O)C=C[C@H]1Cn1cnc2c(NCc3cccc(I)c3)nc(Cl)nc21. The number of benzene rings is 1. The van der Waals surface area contributed by atoms with Crippen LogP contribution in [0.3, 0.4) is 0 Å². The zero-order valence-electron chi connectivity index (χ0n) is 14.1. The molecule has 2 aromatic heterocycles. The molecule has 0 amide bonds. The van der Waals surface area contributed by atoms with Gasteiger partial charge in [0.05, 0.1) is 18.5 Å². The van der Waals surface area contributed by atoms with Gasteiger partial charge in [-0.25, -0.2) is 4.98 Å². The van der Waals surface area contributed by atoms with Gasteiger partial charge < -0.3 is 20.1 Å². The first kappa shape index (κ1) is 18.6. The van der Waals surface area contributed by atoms with E-state index in [-0.39, 0.29) is 11.2 Å². The van der Waals surface area contributed by atoms with Crippen LogP contribution in [0.1, 0.15) is 5.56 Å². The Morgan fingerprint density at radius 1 is 1.22 bits per heavy atom. The number of nitrogens with one attached hydrogen (secondary N) is 1. The van der Waals surface area contributed by atoms with Gasteiger partial charge in [-0.15, -0.1) is 0 Å². The molecular weight excluding hydrogens is 481 g/mol. The largest absolute Gasteiger partial charge is 0.389 e. The van der Waals surface area contributed by atoms with E-state index in [1.807, 2.05) is 22.8 Å². The summed E-state index contributed by atoms with van der Waals surface area (Å²) in [5, 5.41) is 23.1. The summed E-state index contributed by atoms with van der Waals surface area (Å²) in [6.45, 7) is 1.03. The van der Waals surface area contributed by atoms with Crippen molar-refractivity contribution < 1.29 is 10.2 Å². The van der Waals surface area contributed by atoms with Gasteiger partial charge in [0.1, 0.15) is 0 Å². The molecule has 0 bridgehead atoms. The maximum atomic E-state index is 10.1. The number of rotatable bonds is 5. The van der Waals surface area contributed by atoms with Crippen molar-refractivity contribution in [3.8, 4) is 0 Å². The average Bonchev–Trinajstić information content (AvgIpc) is 3.18. The Morgan fingerprint density at radius 2 is 2.07 bits per heavy atom. The number of anilines is 1. The van der Waals surface area contributed by atoms with Gasteiger partial charge in [-0.3, -0.25) is 0 Å². The highest BCUT2D eigenvalue weighted by Gasteiger charge is 2.29. The van der Waals surface area contributed by atoms with Crippen molar-refractivity contribution in [2.45, 2.75) is 25.3 Å². The van der Waals surface area contributed by atoms with Crippen LogP contribution in [-0.4, -0.2) is 41.9 Å². The highest BCUT2D eigenvalue weighted by Crippen LogP contribution is 2.25. The monoisotopic (exact) mass is 497 g/mol. The Morgan fingerprint density at radius 3 is 2.81 bits per heavy atom. The van der Waals surface area contributed by atoms with E-state index >= 15 is 0 Å². The second-order valence-electron chi connectivity index (χ2n) is 6.42. The predicted molar refractivity (Wildman–Crippen MR) is 111 cm³/mol. The number of imidazole rings is 1. The van der Waals surface area contributed by atoms with E-state index in [0.29, 0.717) is 30.1 Å². The first-order valence-corrected chi connectivity index (χ1v) is 9.88. The van der Waals surface area contributed by atoms with Crippen molar-refractivity contribution >= 4 is 51.2 Å². The fraction of sp³-hybridized carbons (Fsp3) is 0.278. The van der Waals surface area contributed by atoms with Gasteiger partial charge >= 0.3 is 0 Å². The Labute approximate surface area is 174 Å². The Hall–Kier alpha value is -1.75. The second kappa shape index (κ2) is 7.70. The summed E-state index contributed by atoms with van der Waals surface area (Å²) in [6.07, 6.45) is 3.38. The summed E-state index contributed by atoms with van der Waals surface area (Å²) in [6, 6.07) is 8.16. The number of aromatic nitrogens is 4. The van der Waals surface area contributed by atoms with Gasteiger partial charge in [0, 0.05) is 22.6 Å². The van der Waals surface area contributed by atoms with Crippen molar-refractivity contribution in [3.05, 3.63) is 57.2 Å². The summed E-state index contributed by atoms with van der Waals surface area (Å²) in [7, 11) is 0. The Bertz CT molecular complexity index is 1010. The maximum Gasteiger partial charge on any atom is 0.226 e. The minimum absolute atomic E-state index is 0.122. The molecule has 0 aliphatic heterocycles. The van der Waals surface area contributed by atoms with Gasteiger partial charge in [0.15, 0.2) is 17.0 Å². The third-order valence-electron chi connectivity index (χ3n) is 4.54. The molecule has 27 heavy (non-hydrogen) atoms. The van der Waals surface area contributed by atoms with Crippen molar-refractivity contribution in [1.82, 2.24) is 19.5 Å². The quantitative estimate of drug-likeness (QED) is 0.285. The fourth-order valence-electron chi connectivity index (χ4n) is 3.14. The van der Waals surface area contributed by atoms with Crippen LogP contribution in [-0.2, 0) is 13.1 Å². The van der Waals surface area contributed by atoms with E-state index in [4.69, 9.17) is 11.6 Å². The Kier molecular flexibility index (Phi) is 5.31. The first-order valence-electron chi connectivity index (χ1n) is 8.42. The fourth-order valence-corrected chi connectivity index (χ4v) is 3.91. The van der Waals surface area contributed by atoms with E-state index in [1.165, 1.54) is 0 Å². The molecule has 0 saturated heterocycles. The molecule has 7 nitrogen and oxygen atoms in total. The molecule has 1 aliphatic carbocycles. The smallest absolute Gasteiger partial charge is 0.226 e. The Balaban J connectivity index is 1.59. The summed E-state index contributed by atoms with van der Waals surface area (Å²) < 4.78 is 2.97. The number of halogens is 2. The van der Waals surface area contributed by atoms with Crippen LogP contribution in [0.25, 0.3) is 11.2 Å². The first-order chi connectivity index (χ1) is 13.0. The lowest BCUT2D eigenvalue weighted by atomic mass is 10.1. The molecule has 4 rings (SSSR count). The standard InChI is InChI=1S/C18H17ClIN5O2/c19-18-23-16(21-7-10-2-1-3-12(20)6-10)14-17(24-18)25(9-22-14)8-11-4-5-13(26)15(11)27/h1-6,9,11,13,15,26-27H,7-8H2,(H,21,23,24)/t11-,13+,15-/m0/s1. The minimum atomic E-state index is -0.839. The highest BCUT2D eigenvalue weighted by molar-refractivity contribution is 14.1. The lowest BCUT2D eigenvalue weighted by Crippen LogP contribution is -2.28. The second-order valence-corrected chi connectivity index (χ2v) is 8.01. The lowest BCUT2D eigenvalue weighted by Gasteiger charge is -2.17. The summed E-state index contributed by atoms with van der Waals surface area (Å²) in [5.41, 5.74) is 2.32. The van der Waals surface area contributed by atoms with E-state index in [1.54, 1.807) is 18.5 Å². The molecule has 3 N–H and O–H groups in total. The van der Waals surface area contributed by atoms with Crippen LogP contribution in [0.2, 0.25) is 5.28 Å². The third-order valence-corrected chi connectivity index (χ3v) is 5.38. The zero-order valence-corrected chi connectivity index (χ0v) is 17.0. The number of hydrogen-bond acceptors (Lipinski definition) is 6. The molecule has 140 valence electrons. The zero-order chi connectivity index (χ0) is 19.0. The van der Waals surface area contributed by atoms with Crippen molar-refractivity contribution in [3.63, 3.8) is 0 Å². The molecule has 1 aromatic carbocycles. The number of aliphatic hydroxyl groups excluding tert-OH is 2. The van der Waals surface area contributed by atoms with Crippen LogP contribution in [0.15, 0.2) is 42.7 Å². The molecular formula is C18H17ClIN5O2. The highest BCUT2D eigenvalue weighted by atomic mass is 127. The van der Waals surface area contributed by atoms with E-state index in [0.717, 1.165) is 9.13 Å². The van der Waals surface area contributed by atoms with E-state index in [2.05, 4.69) is 48.9 Å². The molecule has 3 aromatic rings. The van der Waals surface area contributed by atoms with Gasteiger partial charge in [-0.2, -0.15) is 9.97 Å². The summed E-state index contributed by atoms with van der Waals surface area (Å²) in [5.74, 6) is 0.346. The molecule has 0 fully saturated rings. The van der Waals surface area contributed by atoms with Crippen LogP contribution in [0.5, 0.6) is 0 Å². The van der Waals surface area contributed by atoms with Gasteiger partial charge in [0.2, 0.25) is 5.28 Å². The summed E-state index contributed by atoms with van der Waals surface area (Å²) in [4.78, 5) is 13.0. The molecule has 0 radical (unpaired) electrons. The van der Waals surface area contributed by atoms with E-state index < -0.39 is 12.2 Å². The van der Waals surface area contributed by atoms with Crippen molar-refractivity contribution in [1.29, 1.82) is 0 Å². The van der Waals surface area contributed by atoms with Gasteiger partial charge in [0.25, 0.3) is 0 Å². The normalized spacial score (nSPS) is 21.9. The molecule has 2 heterocycles. The van der Waals surface area contributed by atoms with Crippen molar-refractivity contribution in [2.75, 3.05) is 5.32 Å². The number of aliphatic hydroxyl groups is 2. The molecule has 3 atom stereocenters. The number of nitrogens with zero attached hydrogens (tertiary/aromatic N) is 4. The average molecular weight is 498 g/mol. The van der Waals surface area contributed by atoms with Crippen molar-refractivity contribution in [2.24, 2.45) is 5.92 Å². The van der Waals surface area contributed by atoms with Gasteiger partial charge in [-0.05, 0) is 51.9 Å². The van der Waals surface area contributed by atoms with E-state index in [9.17, 15) is 10.2 Å². The number of fused-ring (bicyclic) bond motifs is 1. The predicted octanol–water partition coefficient (Wildman–Crippen LogP) is 2.60. The summed E-state index contributed by atoms with van der Waals surface area (Å²) >= 11 is 8.40. The molecule has 0 spiro atoms. The van der Waals surface area contributed by atoms with Crippen LogP contribution in [0.4, 0.5) is 5.82 Å². The molecule has 1 aliphatic rings. The molecule has 0 unspecified atom stereocenters. The molecule has 0 saturated carbocycles. The van der Waals surface area contributed by atoms with Crippen LogP contribution >= 0.6 is 34.2 Å². The van der Waals surface area contributed by atoms with Crippen LogP contribution in [0, 0.1) is 9.49 Å². The number of hydrogen-bond donors (Lipinski definition) is 3. The van der Waals surface area contributed by atoms with Crippen LogP contribution < -0.4 is 5.32 Å². The third kappa shape index (κ3) is 3.93. The maximum absolute atomic E-state index is 10.1. The molecule has 9 heteroatoms. The van der Waals surface area contributed by atoms with Gasteiger partial charge in [-0.1, -0.05) is 24.3 Å². The lowest BCUT2D eigenvalue weighted by molar-refractivity contribution is 0.0298. The minimum Gasteiger partial charge on any atom is -0.389 e.